The van der Waals surface area contributed by atoms with E-state index in [0.29, 0.717) is 16.8 Å². The van der Waals surface area contributed by atoms with Crippen LogP contribution in [0, 0.1) is 5.92 Å². The van der Waals surface area contributed by atoms with Gasteiger partial charge in [0, 0.05) is 24.6 Å². The zero-order valence-corrected chi connectivity index (χ0v) is 19.0. The molecule has 32 heavy (non-hydrogen) atoms. The Morgan fingerprint density at radius 1 is 1.03 bits per heavy atom. The highest BCUT2D eigenvalue weighted by Crippen LogP contribution is 2.42. The standard InChI is InChI=1S/C25H30N2O5/c1-5-21-16(3)23(26-25(30)32-15-18-10-8-7-9-11-18)20-14-19(24(29)31-6-2)12-13-22(20)27(21)17(4)28/h7-14,16,21,23H,5-6,15H2,1-4H3,(H,26,30)/t16?,21-,23?/m0/s1. The third-order valence-electron chi connectivity index (χ3n) is 5.84. The van der Waals surface area contributed by atoms with E-state index in [2.05, 4.69) is 5.32 Å². The van der Waals surface area contributed by atoms with Crippen molar-refractivity contribution in [3.8, 4) is 0 Å². The van der Waals surface area contributed by atoms with Gasteiger partial charge in [-0.1, -0.05) is 44.2 Å². The third-order valence-corrected chi connectivity index (χ3v) is 5.84. The molecule has 0 radical (unpaired) electrons. The number of rotatable bonds is 6. The number of esters is 1. The van der Waals surface area contributed by atoms with Gasteiger partial charge in [0.15, 0.2) is 0 Å². The van der Waals surface area contributed by atoms with Crippen molar-refractivity contribution in [3.63, 3.8) is 0 Å². The molecule has 1 aliphatic heterocycles. The van der Waals surface area contributed by atoms with Crippen molar-refractivity contribution in [1.29, 1.82) is 0 Å². The lowest BCUT2D eigenvalue weighted by molar-refractivity contribution is -0.117. The maximum Gasteiger partial charge on any atom is 0.407 e. The molecule has 2 aromatic carbocycles. The zero-order chi connectivity index (χ0) is 23.3. The van der Waals surface area contributed by atoms with Gasteiger partial charge in [0.1, 0.15) is 6.61 Å². The number of amides is 2. The molecule has 1 aliphatic rings. The van der Waals surface area contributed by atoms with E-state index in [-0.39, 0.29) is 31.1 Å². The highest BCUT2D eigenvalue weighted by Gasteiger charge is 2.40. The fraction of sp³-hybridized carbons (Fsp3) is 0.400. The fourth-order valence-corrected chi connectivity index (χ4v) is 4.34. The van der Waals surface area contributed by atoms with Crippen LogP contribution in [0.25, 0.3) is 0 Å². The lowest BCUT2D eigenvalue weighted by Gasteiger charge is -2.45. The number of benzene rings is 2. The van der Waals surface area contributed by atoms with E-state index in [1.165, 1.54) is 6.92 Å². The molecule has 0 bridgehead atoms. The van der Waals surface area contributed by atoms with Crippen molar-refractivity contribution in [2.75, 3.05) is 11.5 Å². The highest BCUT2D eigenvalue weighted by molar-refractivity contribution is 5.96. The van der Waals surface area contributed by atoms with Crippen LogP contribution in [0.2, 0.25) is 0 Å². The Labute approximate surface area is 188 Å². The molecule has 0 saturated carbocycles. The molecule has 2 aromatic rings. The van der Waals surface area contributed by atoms with Crippen LogP contribution in [-0.2, 0) is 20.9 Å². The molecule has 0 aliphatic carbocycles. The van der Waals surface area contributed by atoms with Crippen LogP contribution in [0.5, 0.6) is 0 Å². The summed E-state index contributed by atoms with van der Waals surface area (Å²) in [6.07, 6.45) is 0.168. The minimum atomic E-state index is -0.552. The SMILES string of the molecule is CCOC(=O)c1ccc2c(c1)C(NC(=O)OCc1ccccc1)C(C)[C@H](CC)N2C(C)=O. The summed E-state index contributed by atoms with van der Waals surface area (Å²) in [5.41, 5.74) is 2.64. The van der Waals surface area contributed by atoms with Crippen LogP contribution in [0.3, 0.4) is 0 Å². The first-order valence-corrected chi connectivity index (χ1v) is 10.9. The van der Waals surface area contributed by atoms with Gasteiger partial charge in [0.05, 0.1) is 18.2 Å². The van der Waals surface area contributed by atoms with Crippen LogP contribution >= 0.6 is 0 Å². The number of alkyl carbamates (subject to hydrolysis) is 1. The van der Waals surface area contributed by atoms with Crippen LogP contribution in [0.15, 0.2) is 48.5 Å². The fourth-order valence-electron chi connectivity index (χ4n) is 4.34. The van der Waals surface area contributed by atoms with E-state index in [4.69, 9.17) is 9.47 Å². The Hall–Kier alpha value is -3.35. The summed E-state index contributed by atoms with van der Waals surface area (Å²) < 4.78 is 10.6. The number of ether oxygens (including phenoxy) is 2. The summed E-state index contributed by atoms with van der Waals surface area (Å²) in [6, 6.07) is 14.0. The summed E-state index contributed by atoms with van der Waals surface area (Å²) in [6.45, 7) is 7.69. The smallest absolute Gasteiger partial charge is 0.407 e. The molecule has 0 fully saturated rings. The number of hydrogen-bond donors (Lipinski definition) is 1. The predicted molar refractivity (Wildman–Crippen MR) is 121 cm³/mol. The number of hydrogen-bond acceptors (Lipinski definition) is 5. The van der Waals surface area contributed by atoms with Crippen molar-refractivity contribution in [2.45, 2.75) is 52.8 Å². The van der Waals surface area contributed by atoms with Gasteiger partial charge in [0.25, 0.3) is 0 Å². The molecule has 3 rings (SSSR count). The molecule has 2 amide bonds. The van der Waals surface area contributed by atoms with E-state index in [1.807, 2.05) is 44.2 Å². The second kappa shape index (κ2) is 10.3. The van der Waals surface area contributed by atoms with E-state index >= 15 is 0 Å². The molecule has 2 unspecified atom stereocenters. The largest absolute Gasteiger partial charge is 0.462 e. The van der Waals surface area contributed by atoms with Gasteiger partial charge in [-0.15, -0.1) is 0 Å². The second-order valence-electron chi connectivity index (χ2n) is 7.90. The Kier molecular flexibility index (Phi) is 7.51. The Morgan fingerprint density at radius 2 is 1.75 bits per heavy atom. The van der Waals surface area contributed by atoms with E-state index in [9.17, 15) is 14.4 Å². The van der Waals surface area contributed by atoms with Gasteiger partial charge in [0.2, 0.25) is 5.91 Å². The Morgan fingerprint density at radius 3 is 2.38 bits per heavy atom. The number of carbonyl (C=O) groups is 3. The molecule has 3 atom stereocenters. The summed E-state index contributed by atoms with van der Waals surface area (Å²) in [4.78, 5) is 39.2. The number of carbonyl (C=O) groups excluding carboxylic acids is 3. The Balaban J connectivity index is 1.92. The van der Waals surface area contributed by atoms with Crippen LogP contribution in [0.1, 0.15) is 61.6 Å². The maximum atomic E-state index is 12.7. The number of nitrogens with one attached hydrogen (secondary N) is 1. The highest BCUT2D eigenvalue weighted by atomic mass is 16.5. The summed E-state index contributed by atoms with van der Waals surface area (Å²) in [5, 5.41) is 2.97. The number of anilines is 1. The minimum Gasteiger partial charge on any atom is -0.462 e. The van der Waals surface area contributed by atoms with Gasteiger partial charge < -0.3 is 19.7 Å². The van der Waals surface area contributed by atoms with Gasteiger partial charge >= 0.3 is 12.1 Å². The lowest BCUT2D eigenvalue weighted by atomic mass is 9.80. The van der Waals surface area contributed by atoms with Gasteiger partial charge in [-0.2, -0.15) is 0 Å². The average molecular weight is 439 g/mol. The first-order valence-electron chi connectivity index (χ1n) is 10.9. The molecule has 170 valence electrons. The van der Waals surface area contributed by atoms with E-state index in [0.717, 1.165) is 12.0 Å². The third kappa shape index (κ3) is 4.93. The number of nitrogens with zero attached hydrogens (tertiary/aromatic N) is 1. The zero-order valence-electron chi connectivity index (χ0n) is 19.0. The van der Waals surface area contributed by atoms with E-state index < -0.39 is 18.1 Å². The summed E-state index contributed by atoms with van der Waals surface area (Å²) in [5.74, 6) is -0.627. The van der Waals surface area contributed by atoms with Crippen LogP contribution < -0.4 is 10.2 Å². The summed E-state index contributed by atoms with van der Waals surface area (Å²) in [7, 11) is 0. The second-order valence-corrected chi connectivity index (χ2v) is 7.90. The first kappa shape index (κ1) is 23.3. The molecule has 7 heteroatoms. The van der Waals surface area contributed by atoms with Crippen LogP contribution in [0.4, 0.5) is 10.5 Å². The van der Waals surface area contributed by atoms with Gasteiger partial charge in [-0.25, -0.2) is 9.59 Å². The predicted octanol–water partition coefficient (Wildman–Crippen LogP) is 4.61. The van der Waals surface area contributed by atoms with Crippen molar-refractivity contribution in [1.82, 2.24) is 5.32 Å². The van der Waals surface area contributed by atoms with Crippen molar-refractivity contribution in [3.05, 3.63) is 65.2 Å². The molecule has 0 aromatic heterocycles. The Bertz CT molecular complexity index is 976. The minimum absolute atomic E-state index is 0.0843. The molecule has 1 N–H and O–H groups in total. The van der Waals surface area contributed by atoms with Crippen molar-refractivity contribution in [2.24, 2.45) is 5.92 Å². The summed E-state index contributed by atoms with van der Waals surface area (Å²) >= 11 is 0. The van der Waals surface area contributed by atoms with Crippen LogP contribution in [-0.4, -0.2) is 30.6 Å². The first-order chi connectivity index (χ1) is 15.4. The molecular formula is C25H30N2O5. The number of fused-ring (bicyclic) bond motifs is 1. The normalized spacial score (nSPS) is 19.6. The topological polar surface area (TPSA) is 84.9 Å². The average Bonchev–Trinajstić information content (AvgIpc) is 2.79. The van der Waals surface area contributed by atoms with E-state index in [1.54, 1.807) is 30.0 Å². The van der Waals surface area contributed by atoms with Crippen molar-refractivity contribution < 1.29 is 23.9 Å². The van der Waals surface area contributed by atoms with Gasteiger partial charge in [-0.3, -0.25) is 4.79 Å². The quantitative estimate of drug-likeness (QED) is 0.666. The molecule has 0 saturated heterocycles. The maximum absolute atomic E-state index is 12.7. The molecular weight excluding hydrogens is 408 g/mol. The lowest BCUT2D eigenvalue weighted by Crippen LogP contribution is -2.51. The molecule has 0 spiro atoms. The van der Waals surface area contributed by atoms with Gasteiger partial charge in [-0.05, 0) is 42.7 Å². The monoisotopic (exact) mass is 438 g/mol. The molecule has 1 heterocycles. The van der Waals surface area contributed by atoms with Crippen molar-refractivity contribution >= 4 is 23.7 Å². The molecule has 7 nitrogen and oxygen atoms in total.